The minimum Gasteiger partial charge on any atom is -0.324 e. The molecule has 4 nitrogen and oxygen atoms in total. The number of anilines is 1. The molecule has 0 fully saturated rings. The summed E-state index contributed by atoms with van der Waals surface area (Å²) in [5.41, 5.74) is 2.29. The number of nitrogens with zero attached hydrogens (tertiary/aromatic N) is 2. The quantitative estimate of drug-likeness (QED) is 0.923. The van der Waals surface area contributed by atoms with Crippen molar-refractivity contribution in [3.05, 3.63) is 51.7 Å². The molecule has 108 valence electrons. The molecular weight excluding hydrogens is 282 g/mol. The van der Waals surface area contributed by atoms with Gasteiger partial charge in [-0.25, -0.2) is 0 Å². The molecule has 5 heteroatoms. The van der Waals surface area contributed by atoms with Gasteiger partial charge in [-0.2, -0.15) is 5.26 Å². The van der Waals surface area contributed by atoms with Gasteiger partial charge in [0.2, 0.25) is 5.91 Å². The molecule has 1 aromatic heterocycles. The van der Waals surface area contributed by atoms with E-state index in [9.17, 15) is 4.79 Å². The van der Waals surface area contributed by atoms with Crippen LogP contribution in [-0.2, 0) is 11.3 Å². The summed E-state index contributed by atoms with van der Waals surface area (Å²) in [7, 11) is 1.91. The molecule has 1 heterocycles. The minimum atomic E-state index is -0.116. The van der Waals surface area contributed by atoms with Crippen LogP contribution in [0.4, 0.5) is 5.69 Å². The Bertz CT molecular complexity index is 672. The molecule has 0 spiro atoms. The second-order valence-electron chi connectivity index (χ2n) is 4.90. The number of hydrogen-bond donors (Lipinski definition) is 1. The molecule has 0 atom stereocenters. The van der Waals surface area contributed by atoms with Gasteiger partial charge in [-0.05, 0) is 43.1 Å². The maximum atomic E-state index is 12.0. The van der Waals surface area contributed by atoms with E-state index in [1.54, 1.807) is 35.6 Å². The van der Waals surface area contributed by atoms with Crippen LogP contribution in [-0.4, -0.2) is 24.4 Å². The molecular formula is C16H17N3OS. The van der Waals surface area contributed by atoms with E-state index in [2.05, 4.69) is 29.8 Å². The van der Waals surface area contributed by atoms with Crippen molar-refractivity contribution in [2.24, 2.45) is 0 Å². The average Bonchev–Trinajstić information content (AvgIpc) is 2.84. The molecule has 0 saturated heterocycles. The summed E-state index contributed by atoms with van der Waals surface area (Å²) in [6.45, 7) is 3.11. The zero-order chi connectivity index (χ0) is 15.2. The summed E-state index contributed by atoms with van der Waals surface area (Å²) >= 11 is 1.70. The van der Waals surface area contributed by atoms with E-state index in [0.29, 0.717) is 11.3 Å². The number of nitrogens with one attached hydrogen (secondary N) is 1. The number of para-hydroxylation sites is 1. The van der Waals surface area contributed by atoms with Gasteiger partial charge in [0, 0.05) is 11.4 Å². The Morgan fingerprint density at radius 1 is 1.38 bits per heavy atom. The highest BCUT2D eigenvalue weighted by molar-refractivity contribution is 7.10. The largest absolute Gasteiger partial charge is 0.324 e. The number of rotatable bonds is 5. The Labute approximate surface area is 128 Å². The topological polar surface area (TPSA) is 56.1 Å². The van der Waals surface area contributed by atoms with Gasteiger partial charge in [0.05, 0.1) is 17.8 Å². The first-order valence-electron chi connectivity index (χ1n) is 6.60. The molecule has 0 bridgehead atoms. The first-order chi connectivity index (χ1) is 10.1. The van der Waals surface area contributed by atoms with Crippen LogP contribution < -0.4 is 5.32 Å². The third-order valence-electron chi connectivity index (χ3n) is 3.12. The van der Waals surface area contributed by atoms with E-state index in [0.717, 1.165) is 6.54 Å². The summed E-state index contributed by atoms with van der Waals surface area (Å²) < 4.78 is 0. The minimum absolute atomic E-state index is 0.116. The third kappa shape index (κ3) is 4.15. The SMILES string of the molecule is Cc1ccsc1CN(C)CC(=O)Nc1ccccc1C#N. The van der Waals surface area contributed by atoms with Crippen molar-refractivity contribution in [2.45, 2.75) is 13.5 Å². The fraction of sp³-hybridized carbons (Fsp3) is 0.250. The van der Waals surface area contributed by atoms with Crippen molar-refractivity contribution in [1.29, 1.82) is 5.26 Å². The smallest absolute Gasteiger partial charge is 0.238 e. The van der Waals surface area contributed by atoms with Crippen LogP contribution in [0.15, 0.2) is 35.7 Å². The highest BCUT2D eigenvalue weighted by Crippen LogP contribution is 2.17. The number of carbonyl (C=O) groups excluding carboxylic acids is 1. The number of amides is 1. The van der Waals surface area contributed by atoms with Crippen molar-refractivity contribution in [2.75, 3.05) is 18.9 Å². The number of carbonyl (C=O) groups is 1. The predicted octanol–water partition coefficient (Wildman–Crippen LogP) is 3.00. The van der Waals surface area contributed by atoms with E-state index in [1.165, 1.54) is 10.4 Å². The Morgan fingerprint density at radius 3 is 2.81 bits per heavy atom. The lowest BCUT2D eigenvalue weighted by Gasteiger charge is -2.16. The van der Waals surface area contributed by atoms with Crippen LogP contribution in [0, 0.1) is 18.3 Å². The molecule has 0 aliphatic heterocycles. The Hall–Kier alpha value is -2.16. The Balaban J connectivity index is 1.93. The summed E-state index contributed by atoms with van der Waals surface area (Å²) in [4.78, 5) is 15.3. The standard InChI is InChI=1S/C16H17N3OS/c1-12-7-8-21-15(12)10-19(2)11-16(20)18-14-6-4-3-5-13(14)9-17/h3-8H,10-11H2,1-2H3,(H,18,20). The van der Waals surface area contributed by atoms with Gasteiger partial charge < -0.3 is 5.32 Å². The molecule has 21 heavy (non-hydrogen) atoms. The highest BCUT2D eigenvalue weighted by atomic mass is 32.1. The van der Waals surface area contributed by atoms with E-state index in [4.69, 9.17) is 5.26 Å². The zero-order valence-electron chi connectivity index (χ0n) is 12.1. The normalized spacial score (nSPS) is 10.4. The summed E-state index contributed by atoms with van der Waals surface area (Å²) in [5, 5.41) is 13.8. The van der Waals surface area contributed by atoms with Gasteiger partial charge in [-0.1, -0.05) is 12.1 Å². The molecule has 0 unspecified atom stereocenters. The van der Waals surface area contributed by atoms with Gasteiger partial charge >= 0.3 is 0 Å². The molecule has 1 aromatic carbocycles. The summed E-state index contributed by atoms with van der Waals surface area (Å²) in [5.74, 6) is -0.116. The van der Waals surface area contributed by atoms with Crippen molar-refractivity contribution >= 4 is 22.9 Å². The molecule has 1 amide bonds. The van der Waals surface area contributed by atoms with Crippen LogP contribution in [0.1, 0.15) is 16.0 Å². The first kappa shape index (κ1) is 15.2. The molecule has 2 rings (SSSR count). The number of nitriles is 1. The number of likely N-dealkylation sites (N-methyl/N-ethyl adjacent to an activating group) is 1. The van der Waals surface area contributed by atoms with Gasteiger partial charge in [0.25, 0.3) is 0 Å². The van der Waals surface area contributed by atoms with Gasteiger partial charge in [0.15, 0.2) is 0 Å². The van der Waals surface area contributed by atoms with Crippen LogP contribution in [0.3, 0.4) is 0 Å². The van der Waals surface area contributed by atoms with Crippen LogP contribution in [0.25, 0.3) is 0 Å². The molecule has 0 aliphatic carbocycles. The lowest BCUT2D eigenvalue weighted by molar-refractivity contribution is -0.117. The van der Waals surface area contributed by atoms with Crippen LogP contribution in [0.5, 0.6) is 0 Å². The van der Waals surface area contributed by atoms with Crippen molar-refractivity contribution < 1.29 is 4.79 Å². The maximum Gasteiger partial charge on any atom is 0.238 e. The second kappa shape index (κ2) is 7.02. The van der Waals surface area contributed by atoms with Gasteiger partial charge in [-0.3, -0.25) is 9.69 Å². The maximum absolute atomic E-state index is 12.0. The molecule has 1 N–H and O–H groups in total. The van der Waals surface area contributed by atoms with E-state index in [1.807, 2.05) is 11.9 Å². The van der Waals surface area contributed by atoms with E-state index < -0.39 is 0 Å². The first-order valence-corrected chi connectivity index (χ1v) is 7.48. The van der Waals surface area contributed by atoms with Crippen molar-refractivity contribution in [1.82, 2.24) is 4.90 Å². The fourth-order valence-electron chi connectivity index (χ4n) is 1.99. The van der Waals surface area contributed by atoms with Crippen LogP contribution in [0.2, 0.25) is 0 Å². The van der Waals surface area contributed by atoms with E-state index in [-0.39, 0.29) is 12.5 Å². The Kier molecular flexibility index (Phi) is 5.09. The zero-order valence-corrected chi connectivity index (χ0v) is 12.9. The van der Waals surface area contributed by atoms with Crippen LogP contribution >= 0.6 is 11.3 Å². The molecule has 0 radical (unpaired) electrons. The van der Waals surface area contributed by atoms with E-state index >= 15 is 0 Å². The predicted molar refractivity (Wildman–Crippen MR) is 85.2 cm³/mol. The molecule has 2 aromatic rings. The monoisotopic (exact) mass is 299 g/mol. The van der Waals surface area contributed by atoms with Gasteiger partial charge in [-0.15, -0.1) is 11.3 Å². The Morgan fingerprint density at radius 2 is 2.14 bits per heavy atom. The van der Waals surface area contributed by atoms with Gasteiger partial charge in [0.1, 0.15) is 6.07 Å². The highest BCUT2D eigenvalue weighted by Gasteiger charge is 2.11. The summed E-state index contributed by atoms with van der Waals surface area (Å²) in [6.07, 6.45) is 0. The molecule has 0 aliphatic rings. The summed E-state index contributed by atoms with van der Waals surface area (Å²) in [6, 6.07) is 11.2. The van der Waals surface area contributed by atoms with Crippen molar-refractivity contribution in [3.8, 4) is 6.07 Å². The number of hydrogen-bond acceptors (Lipinski definition) is 4. The number of benzene rings is 1. The number of thiophene rings is 1. The number of aryl methyl sites for hydroxylation is 1. The lowest BCUT2D eigenvalue weighted by atomic mass is 10.2. The van der Waals surface area contributed by atoms with Crippen molar-refractivity contribution in [3.63, 3.8) is 0 Å². The average molecular weight is 299 g/mol. The lowest BCUT2D eigenvalue weighted by Crippen LogP contribution is -2.30. The molecule has 0 saturated carbocycles. The third-order valence-corrected chi connectivity index (χ3v) is 4.12. The second-order valence-corrected chi connectivity index (χ2v) is 5.91. The fourth-order valence-corrected chi connectivity index (χ4v) is 2.98.